The number of benzene rings is 2. The van der Waals surface area contributed by atoms with E-state index in [0.717, 1.165) is 24.2 Å². The Hall–Kier alpha value is -3.42. The molecule has 0 aliphatic carbocycles. The van der Waals surface area contributed by atoms with Gasteiger partial charge in [-0.2, -0.15) is 5.10 Å². The highest BCUT2D eigenvalue weighted by molar-refractivity contribution is 5.83. The van der Waals surface area contributed by atoms with Crippen molar-refractivity contribution in [2.75, 3.05) is 13.2 Å². The molecule has 8 nitrogen and oxygen atoms in total. The van der Waals surface area contributed by atoms with Crippen LogP contribution < -0.4 is 14.9 Å². The van der Waals surface area contributed by atoms with Gasteiger partial charge in [0.2, 0.25) is 0 Å². The first-order valence-electron chi connectivity index (χ1n) is 8.50. The monoisotopic (exact) mass is 371 g/mol. The molecular formula is C19H21N3O5. The molecule has 8 heteroatoms. The van der Waals surface area contributed by atoms with E-state index in [1.165, 1.54) is 30.5 Å². The Labute approximate surface area is 157 Å². The van der Waals surface area contributed by atoms with E-state index in [0.29, 0.717) is 12.4 Å². The number of nitro groups is 1. The van der Waals surface area contributed by atoms with E-state index in [9.17, 15) is 14.9 Å². The lowest BCUT2D eigenvalue weighted by Crippen LogP contribution is -2.24. The largest absolute Gasteiger partial charge is 0.494 e. The number of hydrogen-bond acceptors (Lipinski definition) is 6. The fourth-order valence-electron chi connectivity index (χ4n) is 2.01. The molecule has 2 rings (SSSR count). The van der Waals surface area contributed by atoms with Gasteiger partial charge in [-0.05, 0) is 48.4 Å². The minimum Gasteiger partial charge on any atom is -0.494 e. The average Bonchev–Trinajstić information content (AvgIpc) is 2.68. The van der Waals surface area contributed by atoms with Crippen LogP contribution in [0, 0.1) is 10.1 Å². The van der Waals surface area contributed by atoms with E-state index in [4.69, 9.17) is 9.47 Å². The highest BCUT2D eigenvalue weighted by Gasteiger charge is 2.06. The van der Waals surface area contributed by atoms with Crippen LogP contribution in [0.1, 0.15) is 25.3 Å². The molecule has 0 bridgehead atoms. The third-order valence-electron chi connectivity index (χ3n) is 3.47. The first kappa shape index (κ1) is 19.9. The lowest BCUT2D eigenvalue weighted by Gasteiger charge is -2.05. The molecule has 0 aromatic heterocycles. The zero-order chi connectivity index (χ0) is 19.5. The zero-order valence-corrected chi connectivity index (χ0v) is 15.0. The van der Waals surface area contributed by atoms with Crippen molar-refractivity contribution in [1.29, 1.82) is 0 Å². The van der Waals surface area contributed by atoms with E-state index in [1.807, 2.05) is 24.3 Å². The van der Waals surface area contributed by atoms with E-state index in [-0.39, 0.29) is 12.3 Å². The molecular weight excluding hydrogens is 350 g/mol. The average molecular weight is 371 g/mol. The van der Waals surface area contributed by atoms with E-state index in [2.05, 4.69) is 17.5 Å². The fourth-order valence-corrected chi connectivity index (χ4v) is 2.01. The highest BCUT2D eigenvalue weighted by atomic mass is 16.6. The predicted octanol–water partition coefficient (Wildman–Crippen LogP) is 3.30. The second kappa shape index (κ2) is 10.5. The number of amides is 1. The van der Waals surface area contributed by atoms with Crippen molar-refractivity contribution in [2.45, 2.75) is 19.8 Å². The molecule has 1 N–H and O–H groups in total. The maximum absolute atomic E-state index is 11.7. The van der Waals surface area contributed by atoms with Crippen LogP contribution in [0.3, 0.4) is 0 Å². The lowest BCUT2D eigenvalue weighted by molar-refractivity contribution is -0.384. The molecule has 2 aromatic rings. The molecule has 142 valence electrons. The van der Waals surface area contributed by atoms with Crippen molar-refractivity contribution in [3.05, 3.63) is 64.2 Å². The van der Waals surface area contributed by atoms with Gasteiger partial charge in [0.15, 0.2) is 6.61 Å². The molecule has 0 unspecified atom stereocenters. The van der Waals surface area contributed by atoms with Gasteiger partial charge in [0, 0.05) is 12.1 Å². The van der Waals surface area contributed by atoms with Gasteiger partial charge in [0.05, 0.1) is 17.7 Å². The normalized spacial score (nSPS) is 10.6. The second-order valence-corrected chi connectivity index (χ2v) is 5.60. The number of carbonyl (C=O) groups is 1. The molecule has 0 radical (unpaired) electrons. The fraction of sp³-hybridized carbons (Fsp3) is 0.263. The summed E-state index contributed by atoms with van der Waals surface area (Å²) in [5, 5.41) is 14.4. The second-order valence-electron chi connectivity index (χ2n) is 5.60. The number of rotatable bonds is 10. The number of hydrazone groups is 1. The summed E-state index contributed by atoms with van der Waals surface area (Å²) in [6.07, 6.45) is 3.61. The number of ether oxygens (including phenoxy) is 2. The Bertz CT molecular complexity index is 773. The maximum Gasteiger partial charge on any atom is 0.277 e. The number of non-ortho nitro benzene ring substituents is 1. The number of unbranched alkanes of at least 4 members (excludes halogenated alkanes) is 1. The van der Waals surface area contributed by atoms with Crippen molar-refractivity contribution < 1.29 is 19.2 Å². The van der Waals surface area contributed by atoms with Crippen molar-refractivity contribution in [1.82, 2.24) is 5.43 Å². The molecule has 0 fully saturated rings. The van der Waals surface area contributed by atoms with Crippen LogP contribution in [0.5, 0.6) is 11.5 Å². The topological polar surface area (TPSA) is 103 Å². The predicted molar refractivity (Wildman–Crippen MR) is 101 cm³/mol. The van der Waals surface area contributed by atoms with Gasteiger partial charge >= 0.3 is 0 Å². The van der Waals surface area contributed by atoms with Crippen molar-refractivity contribution in [3.63, 3.8) is 0 Å². The number of nitro benzene ring substituents is 1. The maximum atomic E-state index is 11.7. The van der Waals surface area contributed by atoms with Crippen molar-refractivity contribution >= 4 is 17.8 Å². The molecule has 27 heavy (non-hydrogen) atoms. The van der Waals surface area contributed by atoms with Crippen LogP contribution in [0.2, 0.25) is 0 Å². The van der Waals surface area contributed by atoms with Gasteiger partial charge in [-0.15, -0.1) is 0 Å². The van der Waals surface area contributed by atoms with Gasteiger partial charge in [0.25, 0.3) is 11.6 Å². The summed E-state index contributed by atoms with van der Waals surface area (Å²) in [7, 11) is 0. The van der Waals surface area contributed by atoms with E-state index in [1.54, 1.807) is 0 Å². The Morgan fingerprint density at radius 2 is 1.74 bits per heavy atom. The van der Waals surface area contributed by atoms with E-state index >= 15 is 0 Å². The number of carbonyl (C=O) groups excluding carboxylic acids is 1. The van der Waals surface area contributed by atoms with Gasteiger partial charge < -0.3 is 9.47 Å². The first-order chi connectivity index (χ1) is 13.1. The Balaban J connectivity index is 1.73. The lowest BCUT2D eigenvalue weighted by atomic mass is 10.2. The Morgan fingerprint density at radius 1 is 1.11 bits per heavy atom. The molecule has 0 saturated heterocycles. The molecule has 0 spiro atoms. The third kappa shape index (κ3) is 7.15. The third-order valence-corrected chi connectivity index (χ3v) is 3.47. The van der Waals surface area contributed by atoms with Crippen LogP contribution in [-0.2, 0) is 4.79 Å². The summed E-state index contributed by atoms with van der Waals surface area (Å²) in [5.41, 5.74) is 3.12. The molecule has 0 heterocycles. The van der Waals surface area contributed by atoms with E-state index < -0.39 is 10.8 Å². The smallest absolute Gasteiger partial charge is 0.277 e. The SMILES string of the molecule is CCCCOc1ccc(C=NNC(=O)COc2ccc([N+](=O)[O-])cc2)cc1. The van der Waals surface area contributed by atoms with Gasteiger partial charge in [-0.25, -0.2) is 5.43 Å². The zero-order valence-electron chi connectivity index (χ0n) is 15.0. The summed E-state index contributed by atoms with van der Waals surface area (Å²) in [5.74, 6) is 0.712. The summed E-state index contributed by atoms with van der Waals surface area (Å²) in [6, 6.07) is 12.8. The quantitative estimate of drug-likeness (QED) is 0.299. The van der Waals surface area contributed by atoms with Crippen LogP contribution in [0.4, 0.5) is 5.69 Å². The molecule has 0 aliphatic rings. The minimum absolute atomic E-state index is 0.0433. The molecule has 2 aromatic carbocycles. The summed E-state index contributed by atoms with van der Waals surface area (Å²) >= 11 is 0. The number of hydrogen-bond donors (Lipinski definition) is 1. The van der Waals surface area contributed by atoms with Crippen molar-refractivity contribution in [3.8, 4) is 11.5 Å². The Morgan fingerprint density at radius 3 is 2.37 bits per heavy atom. The molecule has 1 amide bonds. The molecule has 0 saturated carbocycles. The van der Waals surface area contributed by atoms with Crippen LogP contribution in [0.25, 0.3) is 0 Å². The van der Waals surface area contributed by atoms with Gasteiger partial charge in [-0.3, -0.25) is 14.9 Å². The standard InChI is InChI=1S/C19H21N3O5/c1-2-3-12-26-17-8-4-15(5-9-17)13-20-21-19(23)14-27-18-10-6-16(7-11-18)22(24)25/h4-11,13H,2-3,12,14H2,1H3,(H,21,23). The highest BCUT2D eigenvalue weighted by Crippen LogP contribution is 2.17. The number of nitrogens with one attached hydrogen (secondary N) is 1. The van der Waals surface area contributed by atoms with Crippen LogP contribution in [-0.4, -0.2) is 30.3 Å². The van der Waals surface area contributed by atoms with Crippen LogP contribution >= 0.6 is 0 Å². The molecule has 0 aliphatic heterocycles. The van der Waals surface area contributed by atoms with Crippen LogP contribution in [0.15, 0.2) is 53.6 Å². The van der Waals surface area contributed by atoms with Gasteiger partial charge in [0.1, 0.15) is 11.5 Å². The first-order valence-corrected chi connectivity index (χ1v) is 8.50. The molecule has 0 atom stereocenters. The van der Waals surface area contributed by atoms with Gasteiger partial charge in [-0.1, -0.05) is 13.3 Å². The summed E-state index contributed by atoms with van der Waals surface area (Å²) in [4.78, 5) is 21.8. The van der Waals surface area contributed by atoms with Crippen molar-refractivity contribution in [2.24, 2.45) is 5.10 Å². The number of nitrogens with zero attached hydrogens (tertiary/aromatic N) is 2. The Kier molecular flexibility index (Phi) is 7.77. The summed E-state index contributed by atoms with van der Waals surface area (Å²) in [6.45, 7) is 2.54. The summed E-state index contributed by atoms with van der Waals surface area (Å²) < 4.78 is 10.8. The minimum atomic E-state index is -0.505.